The molecule has 0 unspecified atom stereocenters. The number of benzene rings is 2. The number of ketones is 1. The number of fused-ring (bicyclic) bond motifs is 1. The Kier molecular flexibility index (Phi) is 5.74. The molecular weight excluding hydrogens is 395 g/mol. The van der Waals surface area contributed by atoms with E-state index in [1.165, 1.54) is 18.2 Å². The zero-order valence-electron chi connectivity index (χ0n) is 16.9. The van der Waals surface area contributed by atoms with Crippen LogP contribution in [0.1, 0.15) is 30.5 Å². The number of ether oxygens (including phenoxy) is 1. The number of allylic oxidation sites excluding steroid dienone is 1. The molecule has 0 fully saturated rings. The molecule has 7 heteroatoms. The quantitative estimate of drug-likeness (QED) is 0.524. The highest BCUT2D eigenvalue weighted by Gasteiger charge is 2.38. The van der Waals surface area contributed by atoms with Gasteiger partial charge in [-0.3, -0.25) is 9.59 Å². The van der Waals surface area contributed by atoms with Gasteiger partial charge < -0.3 is 9.64 Å². The summed E-state index contributed by atoms with van der Waals surface area (Å²) in [5, 5.41) is 0. The number of likely N-dealkylation sites (N-methyl/N-ethyl adjacent to an activating group) is 1. The summed E-state index contributed by atoms with van der Waals surface area (Å²) in [5.74, 6) is -1.15. The summed E-state index contributed by atoms with van der Waals surface area (Å²) >= 11 is 0. The minimum atomic E-state index is -4.49. The van der Waals surface area contributed by atoms with Gasteiger partial charge in [0.25, 0.3) is 0 Å². The number of hydrogen-bond donors (Lipinski definition) is 0. The lowest BCUT2D eigenvalue weighted by molar-refractivity contribution is -0.146. The van der Waals surface area contributed by atoms with Gasteiger partial charge in [0.05, 0.1) is 12.0 Å². The molecule has 0 radical (unpaired) electrons. The van der Waals surface area contributed by atoms with Crippen molar-refractivity contribution < 1.29 is 27.5 Å². The Hall–Kier alpha value is -3.09. The first kappa shape index (κ1) is 21.6. The van der Waals surface area contributed by atoms with Gasteiger partial charge in [-0.15, -0.1) is 0 Å². The monoisotopic (exact) mass is 417 g/mol. The average molecular weight is 417 g/mol. The van der Waals surface area contributed by atoms with Gasteiger partial charge in [0.2, 0.25) is 0 Å². The Bertz CT molecular complexity index is 1010. The molecule has 158 valence electrons. The number of carbonyl (C=O) groups excluding carboxylic acids is 2. The number of hydrogen-bond acceptors (Lipinski definition) is 4. The third-order valence-corrected chi connectivity index (χ3v) is 5.22. The van der Waals surface area contributed by atoms with Crippen molar-refractivity contribution in [3.05, 3.63) is 77.0 Å². The Labute approximate surface area is 173 Å². The van der Waals surface area contributed by atoms with Crippen molar-refractivity contribution in [2.24, 2.45) is 0 Å². The van der Waals surface area contributed by atoms with E-state index in [0.29, 0.717) is 0 Å². The molecule has 1 aliphatic heterocycles. The van der Waals surface area contributed by atoms with Crippen LogP contribution >= 0.6 is 0 Å². The summed E-state index contributed by atoms with van der Waals surface area (Å²) in [6.07, 6.45) is -3.37. The largest absolute Gasteiger partial charge is 0.457 e. The second kappa shape index (κ2) is 7.97. The second-order valence-corrected chi connectivity index (χ2v) is 7.73. The Morgan fingerprint density at radius 1 is 1.10 bits per heavy atom. The SMILES string of the molecule is CN1/C(=C/C(=O)COC(=O)Cc2cccc(C(F)(F)F)c2)C(C)(C)c2ccccc21. The molecule has 30 heavy (non-hydrogen) atoms. The molecule has 0 N–H and O–H groups in total. The van der Waals surface area contributed by atoms with E-state index in [-0.39, 0.29) is 17.4 Å². The molecule has 2 aromatic carbocycles. The minimum absolute atomic E-state index is 0.174. The molecular formula is C23H22F3NO3. The Morgan fingerprint density at radius 3 is 2.47 bits per heavy atom. The predicted molar refractivity (Wildman–Crippen MR) is 107 cm³/mol. The van der Waals surface area contributed by atoms with Gasteiger partial charge in [-0.2, -0.15) is 13.2 Å². The molecule has 4 nitrogen and oxygen atoms in total. The van der Waals surface area contributed by atoms with E-state index in [1.54, 1.807) is 0 Å². The standard InChI is InChI=1S/C23H22F3NO3/c1-22(2)18-9-4-5-10-19(18)27(3)20(22)13-17(28)14-30-21(29)12-15-7-6-8-16(11-15)23(24,25)26/h4-11,13H,12,14H2,1-3H3/b20-13+. The van der Waals surface area contributed by atoms with E-state index in [1.807, 2.05) is 50.1 Å². The van der Waals surface area contributed by atoms with Crippen molar-refractivity contribution in [1.82, 2.24) is 0 Å². The molecule has 1 aliphatic rings. The van der Waals surface area contributed by atoms with Gasteiger partial charge >= 0.3 is 12.1 Å². The van der Waals surface area contributed by atoms with Crippen molar-refractivity contribution in [2.45, 2.75) is 31.9 Å². The zero-order chi connectivity index (χ0) is 22.1. The van der Waals surface area contributed by atoms with E-state index >= 15 is 0 Å². The first-order valence-corrected chi connectivity index (χ1v) is 9.40. The molecule has 0 aromatic heterocycles. The highest BCUT2D eigenvalue weighted by Crippen LogP contribution is 2.46. The van der Waals surface area contributed by atoms with Gasteiger partial charge in [0, 0.05) is 29.9 Å². The van der Waals surface area contributed by atoms with E-state index < -0.39 is 30.1 Å². The van der Waals surface area contributed by atoms with Gasteiger partial charge in [-0.1, -0.05) is 50.2 Å². The van der Waals surface area contributed by atoms with Crippen LogP contribution in [-0.4, -0.2) is 25.4 Å². The van der Waals surface area contributed by atoms with Crippen molar-refractivity contribution in [1.29, 1.82) is 0 Å². The van der Waals surface area contributed by atoms with E-state index in [2.05, 4.69) is 0 Å². The van der Waals surface area contributed by atoms with E-state index in [9.17, 15) is 22.8 Å². The maximum absolute atomic E-state index is 12.8. The van der Waals surface area contributed by atoms with Gasteiger partial charge in [-0.05, 0) is 23.3 Å². The van der Waals surface area contributed by atoms with Crippen molar-refractivity contribution in [3.63, 3.8) is 0 Å². The van der Waals surface area contributed by atoms with Gasteiger partial charge in [0.15, 0.2) is 12.4 Å². The van der Waals surface area contributed by atoms with E-state index in [0.717, 1.165) is 29.1 Å². The summed E-state index contributed by atoms with van der Waals surface area (Å²) in [4.78, 5) is 26.3. The van der Waals surface area contributed by atoms with E-state index in [4.69, 9.17) is 4.74 Å². The van der Waals surface area contributed by atoms with Crippen LogP contribution in [0, 0.1) is 0 Å². The van der Waals surface area contributed by atoms with Crippen LogP contribution in [0.2, 0.25) is 0 Å². The topological polar surface area (TPSA) is 46.6 Å². The lowest BCUT2D eigenvalue weighted by Crippen LogP contribution is -2.25. The summed E-state index contributed by atoms with van der Waals surface area (Å²) in [7, 11) is 1.87. The van der Waals surface area contributed by atoms with Crippen LogP contribution in [0.5, 0.6) is 0 Å². The van der Waals surface area contributed by atoms with Crippen LogP contribution in [0.15, 0.2) is 60.3 Å². The zero-order valence-corrected chi connectivity index (χ0v) is 16.9. The molecule has 0 amide bonds. The lowest BCUT2D eigenvalue weighted by atomic mass is 9.83. The lowest BCUT2D eigenvalue weighted by Gasteiger charge is -2.23. The fraction of sp³-hybridized carbons (Fsp3) is 0.304. The van der Waals surface area contributed by atoms with Crippen molar-refractivity contribution >= 4 is 17.4 Å². The molecule has 0 saturated carbocycles. The molecule has 0 atom stereocenters. The van der Waals surface area contributed by atoms with Crippen LogP contribution in [0.4, 0.5) is 18.9 Å². The van der Waals surface area contributed by atoms with Crippen molar-refractivity contribution in [3.8, 4) is 0 Å². The number of halogens is 3. The Balaban J connectivity index is 1.63. The summed E-state index contributed by atoms with van der Waals surface area (Å²) in [5.41, 5.74) is 1.83. The smallest absolute Gasteiger partial charge is 0.416 e. The predicted octanol–water partition coefficient (Wildman–Crippen LogP) is 4.67. The van der Waals surface area contributed by atoms with Crippen molar-refractivity contribution in [2.75, 3.05) is 18.6 Å². The third kappa shape index (κ3) is 4.40. The van der Waals surface area contributed by atoms with Crippen LogP contribution in [-0.2, 0) is 32.3 Å². The fourth-order valence-electron chi connectivity index (χ4n) is 3.68. The van der Waals surface area contributed by atoms with Gasteiger partial charge in [-0.25, -0.2) is 0 Å². The highest BCUT2D eigenvalue weighted by molar-refractivity contribution is 5.94. The molecule has 3 rings (SSSR count). The third-order valence-electron chi connectivity index (χ3n) is 5.22. The average Bonchev–Trinajstić information content (AvgIpc) is 2.87. The van der Waals surface area contributed by atoms with Crippen LogP contribution < -0.4 is 4.90 Å². The number of carbonyl (C=O) groups is 2. The Morgan fingerprint density at radius 2 is 1.80 bits per heavy atom. The molecule has 0 aliphatic carbocycles. The summed E-state index contributed by atoms with van der Waals surface area (Å²) in [6, 6.07) is 12.3. The maximum Gasteiger partial charge on any atom is 0.416 e. The number of rotatable bonds is 5. The highest BCUT2D eigenvalue weighted by atomic mass is 19.4. The van der Waals surface area contributed by atoms with Gasteiger partial charge in [0.1, 0.15) is 0 Å². The summed E-state index contributed by atoms with van der Waals surface area (Å²) in [6.45, 7) is 3.55. The molecule has 2 aromatic rings. The normalized spacial score (nSPS) is 16.5. The molecule has 0 bridgehead atoms. The number of nitrogens with zero attached hydrogens (tertiary/aromatic N) is 1. The number of esters is 1. The minimum Gasteiger partial charge on any atom is -0.457 e. The van der Waals surface area contributed by atoms with Crippen LogP contribution in [0.3, 0.4) is 0 Å². The molecule has 0 saturated heterocycles. The number of anilines is 1. The number of alkyl halides is 3. The molecule has 0 spiro atoms. The second-order valence-electron chi connectivity index (χ2n) is 7.73. The number of para-hydroxylation sites is 1. The molecule has 1 heterocycles. The summed E-state index contributed by atoms with van der Waals surface area (Å²) < 4.78 is 43.3. The first-order chi connectivity index (χ1) is 14.0. The first-order valence-electron chi connectivity index (χ1n) is 9.40. The fourth-order valence-corrected chi connectivity index (χ4v) is 3.68. The maximum atomic E-state index is 12.8. The van der Waals surface area contributed by atoms with Crippen LogP contribution in [0.25, 0.3) is 0 Å².